The Morgan fingerprint density at radius 3 is 2.20 bits per heavy atom. The molecule has 1 amide bonds. The molecule has 15 heavy (non-hydrogen) atoms. The van der Waals surface area contributed by atoms with E-state index in [2.05, 4.69) is 0 Å². The number of nitrogens with zero attached hydrogens (tertiary/aromatic N) is 1. The topological polar surface area (TPSA) is 63.4 Å². The van der Waals surface area contributed by atoms with Gasteiger partial charge in [0.1, 0.15) is 0 Å². The van der Waals surface area contributed by atoms with Crippen LogP contribution in [-0.4, -0.2) is 35.7 Å². The van der Waals surface area contributed by atoms with Gasteiger partial charge in [-0.3, -0.25) is 14.5 Å². The normalized spacial score (nSPS) is 17.8. The fourth-order valence-corrected chi connectivity index (χ4v) is 1.90. The average Bonchev–Trinajstić information content (AvgIpc) is 2.99. The highest BCUT2D eigenvalue weighted by atomic mass is 16.1. The molecule has 0 aromatic heterocycles. The summed E-state index contributed by atoms with van der Waals surface area (Å²) in [5.74, 6) is 0.00773. The van der Waals surface area contributed by atoms with Crippen molar-refractivity contribution in [2.24, 2.45) is 11.7 Å². The van der Waals surface area contributed by atoms with Crippen LogP contribution in [0.25, 0.3) is 0 Å². The molecule has 2 N–H and O–H groups in total. The van der Waals surface area contributed by atoms with Crippen molar-refractivity contribution in [2.75, 3.05) is 13.1 Å². The number of carbonyl (C=O) groups is 2. The minimum Gasteiger partial charge on any atom is -0.370 e. The van der Waals surface area contributed by atoms with Gasteiger partial charge >= 0.3 is 0 Å². The van der Waals surface area contributed by atoms with E-state index in [0.717, 1.165) is 25.9 Å². The maximum atomic E-state index is 12.0. The van der Waals surface area contributed by atoms with Crippen LogP contribution in [0.2, 0.25) is 0 Å². The summed E-state index contributed by atoms with van der Waals surface area (Å²) in [5.41, 5.74) is 5.18. The maximum absolute atomic E-state index is 12.0. The lowest BCUT2D eigenvalue weighted by Crippen LogP contribution is -2.44. The van der Waals surface area contributed by atoms with Crippen molar-refractivity contribution >= 4 is 11.7 Å². The Morgan fingerprint density at radius 1 is 1.33 bits per heavy atom. The predicted octanol–water partition coefficient (Wildman–Crippen LogP) is 0.551. The van der Waals surface area contributed by atoms with Crippen LogP contribution in [0.15, 0.2) is 0 Å². The summed E-state index contributed by atoms with van der Waals surface area (Å²) in [5, 5.41) is 0. The van der Waals surface area contributed by atoms with Gasteiger partial charge in [0.25, 0.3) is 0 Å². The molecule has 1 atom stereocenters. The van der Waals surface area contributed by atoms with Gasteiger partial charge in [0, 0.05) is 12.3 Å². The lowest BCUT2D eigenvalue weighted by atomic mass is 10.0. The summed E-state index contributed by atoms with van der Waals surface area (Å²) >= 11 is 0. The first-order valence-electron chi connectivity index (χ1n) is 5.66. The van der Waals surface area contributed by atoms with Gasteiger partial charge in [-0.25, -0.2) is 0 Å². The number of hydrogen-bond acceptors (Lipinski definition) is 3. The van der Waals surface area contributed by atoms with E-state index in [1.54, 1.807) is 0 Å². The Balaban J connectivity index is 2.65. The van der Waals surface area contributed by atoms with E-state index < -0.39 is 0 Å². The Morgan fingerprint density at radius 2 is 1.87 bits per heavy atom. The van der Waals surface area contributed by atoms with Crippen LogP contribution in [0.4, 0.5) is 0 Å². The molecule has 0 aromatic carbocycles. The fraction of sp³-hybridized carbons (Fsp3) is 0.818. The Kier molecular flexibility index (Phi) is 4.27. The van der Waals surface area contributed by atoms with E-state index in [9.17, 15) is 9.59 Å². The van der Waals surface area contributed by atoms with Gasteiger partial charge in [-0.2, -0.15) is 0 Å². The van der Waals surface area contributed by atoms with Crippen LogP contribution in [0.3, 0.4) is 0 Å². The van der Waals surface area contributed by atoms with Crippen molar-refractivity contribution < 1.29 is 9.59 Å². The first-order chi connectivity index (χ1) is 7.10. The third-order valence-electron chi connectivity index (χ3n) is 2.96. The molecule has 1 rings (SSSR count). The van der Waals surface area contributed by atoms with Crippen LogP contribution < -0.4 is 5.73 Å². The van der Waals surface area contributed by atoms with Gasteiger partial charge in [0.2, 0.25) is 5.91 Å². The van der Waals surface area contributed by atoms with E-state index in [1.807, 2.05) is 18.7 Å². The molecular formula is C11H20N2O2. The second-order valence-corrected chi connectivity index (χ2v) is 4.08. The third kappa shape index (κ3) is 3.30. The Bertz CT molecular complexity index is 245. The molecule has 4 heteroatoms. The molecule has 1 aliphatic carbocycles. The number of amides is 1. The predicted molar refractivity (Wildman–Crippen MR) is 58.3 cm³/mol. The molecule has 0 aromatic rings. The molecule has 0 radical (unpaired) electrons. The van der Waals surface area contributed by atoms with Crippen molar-refractivity contribution in [3.05, 3.63) is 0 Å². The number of primary amides is 1. The first-order valence-corrected chi connectivity index (χ1v) is 5.66. The minimum atomic E-state index is -0.388. The van der Waals surface area contributed by atoms with Gasteiger partial charge < -0.3 is 5.73 Å². The molecule has 1 saturated carbocycles. The second-order valence-electron chi connectivity index (χ2n) is 4.08. The van der Waals surface area contributed by atoms with Crippen molar-refractivity contribution in [2.45, 2.75) is 39.2 Å². The highest BCUT2D eigenvalue weighted by molar-refractivity contribution is 5.92. The van der Waals surface area contributed by atoms with Crippen LogP contribution in [0.1, 0.15) is 33.1 Å². The zero-order valence-electron chi connectivity index (χ0n) is 9.53. The van der Waals surface area contributed by atoms with Crippen LogP contribution in [0.5, 0.6) is 0 Å². The molecule has 0 spiro atoms. The fourth-order valence-electron chi connectivity index (χ4n) is 1.90. The van der Waals surface area contributed by atoms with Gasteiger partial charge in [0.15, 0.2) is 5.78 Å². The van der Waals surface area contributed by atoms with Crippen LogP contribution >= 0.6 is 0 Å². The molecular weight excluding hydrogens is 192 g/mol. The van der Waals surface area contributed by atoms with E-state index in [-0.39, 0.29) is 30.1 Å². The molecule has 0 aliphatic heterocycles. The smallest absolute Gasteiger partial charge is 0.219 e. The molecule has 1 fully saturated rings. The molecule has 0 unspecified atom stereocenters. The van der Waals surface area contributed by atoms with Crippen LogP contribution in [0, 0.1) is 5.92 Å². The minimum absolute atomic E-state index is 0.164. The van der Waals surface area contributed by atoms with Crippen LogP contribution in [-0.2, 0) is 9.59 Å². The highest BCUT2D eigenvalue weighted by Crippen LogP contribution is 2.32. The largest absolute Gasteiger partial charge is 0.370 e. The van der Waals surface area contributed by atoms with Gasteiger partial charge in [-0.05, 0) is 25.9 Å². The molecule has 0 bridgehead atoms. The molecule has 0 heterocycles. The third-order valence-corrected chi connectivity index (χ3v) is 2.96. The first kappa shape index (κ1) is 12.2. The van der Waals surface area contributed by atoms with Crippen molar-refractivity contribution in [1.82, 2.24) is 4.90 Å². The standard InChI is InChI=1S/C11H20N2O2/c1-3-13(4-2)9(7-10(12)14)11(15)8-5-6-8/h8-9H,3-7H2,1-2H3,(H2,12,14)/t9-/m1/s1. The van der Waals surface area contributed by atoms with E-state index in [0.29, 0.717) is 0 Å². The number of rotatable bonds is 7. The van der Waals surface area contributed by atoms with Gasteiger partial charge in [-0.15, -0.1) is 0 Å². The molecule has 1 aliphatic rings. The zero-order chi connectivity index (χ0) is 11.4. The molecule has 0 saturated heterocycles. The average molecular weight is 212 g/mol. The number of carbonyl (C=O) groups excluding carboxylic acids is 2. The van der Waals surface area contributed by atoms with E-state index >= 15 is 0 Å². The summed E-state index contributed by atoms with van der Waals surface area (Å²) in [6, 6.07) is -0.287. The maximum Gasteiger partial charge on any atom is 0.219 e. The summed E-state index contributed by atoms with van der Waals surface area (Å²) in [6.07, 6.45) is 2.13. The summed E-state index contributed by atoms with van der Waals surface area (Å²) in [6.45, 7) is 5.56. The number of hydrogen-bond donors (Lipinski definition) is 1. The lowest BCUT2D eigenvalue weighted by molar-refractivity contribution is -0.129. The van der Waals surface area contributed by atoms with Gasteiger partial charge in [-0.1, -0.05) is 13.8 Å². The van der Waals surface area contributed by atoms with E-state index in [4.69, 9.17) is 5.73 Å². The number of nitrogens with two attached hydrogens (primary N) is 1. The number of likely N-dealkylation sites (N-methyl/N-ethyl adjacent to an activating group) is 1. The monoisotopic (exact) mass is 212 g/mol. The lowest BCUT2D eigenvalue weighted by Gasteiger charge is -2.27. The molecule has 86 valence electrons. The van der Waals surface area contributed by atoms with Crippen molar-refractivity contribution in [1.29, 1.82) is 0 Å². The van der Waals surface area contributed by atoms with Crippen molar-refractivity contribution in [3.8, 4) is 0 Å². The van der Waals surface area contributed by atoms with Gasteiger partial charge in [0.05, 0.1) is 6.04 Å². The Hall–Kier alpha value is -0.900. The number of ketones is 1. The summed E-state index contributed by atoms with van der Waals surface area (Å²) in [7, 11) is 0. The second kappa shape index (κ2) is 5.26. The van der Waals surface area contributed by atoms with E-state index in [1.165, 1.54) is 0 Å². The Labute approximate surface area is 90.8 Å². The quantitative estimate of drug-likeness (QED) is 0.670. The number of Topliss-reactive ketones (excluding diaryl/α,β-unsaturated/α-hetero) is 1. The summed E-state index contributed by atoms with van der Waals surface area (Å²) in [4.78, 5) is 24.9. The zero-order valence-corrected chi connectivity index (χ0v) is 9.53. The highest BCUT2D eigenvalue weighted by Gasteiger charge is 2.37. The summed E-state index contributed by atoms with van der Waals surface area (Å²) < 4.78 is 0. The van der Waals surface area contributed by atoms with Crippen molar-refractivity contribution in [3.63, 3.8) is 0 Å². The SMILES string of the molecule is CCN(CC)[C@H](CC(N)=O)C(=O)C1CC1. The molecule has 4 nitrogen and oxygen atoms in total.